The summed E-state index contributed by atoms with van der Waals surface area (Å²) in [5.74, 6) is 6.16. The second-order valence-corrected chi connectivity index (χ2v) is 42.9. The van der Waals surface area contributed by atoms with Crippen molar-refractivity contribution in [3.8, 4) is 143 Å². The van der Waals surface area contributed by atoms with E-state index in [1.807, 2.05) is 18.2 Å². The minimum Gasteiger partial charge on any atom is -0.507 e. The van der Waals surface area contributed by atoms with E-state index in [-0.39, 0.29) is 104 Å². The summed E-state index contributed by atoms with van der Waals surface area (Å²) in [6, 6.07) is 60.1. The molecule has 12 rings (SSSR count). The molecule has 12 aromatic rings. The number of para-hydroxylation sites is 5. The first-order chi connectivity index (χ1) is 69.5. The lowest BCUT2D eigenvalue weighted by Crippen LogP contribution is -2.25. The second-order valence-electron chi connectivity index (χ2n) is 42.9. The number of methoxy groups -OCH3 is 1. The normalized spacial score (nSPS) is 13.0. The molecule has 0 amide bonds. The molecule has 0 bridgehead atoms. The van der Waals surface area contributed by atoms with Gasteiger partial charge in [-0.3, -0.25) is 0 Å². The minimum absolute atomic E-state index is 0.00909. The highest BCUT2D eigenvalue weighted by Gasteiger charge is 2.30. The van der Waals surface area contributed by atoms with Crippen LogP contribution in [0.3, 0.4) is 0 Å². The number of aromatic hydroxyl groups is 6. The number of phenolic OH excluding ortho intramolecular Hbond substituents is 6. The monoisotopic (exact) mass is 1970 g/mol. The number of carbonyl (C=O) groups is 3. The molecule has 22 nitrogen and oxygen atoms in total. The topological polar surface area (TPSA) is 326 Å². The van der Waals surface area contributed by atoms with Crippen molar-refractivity contribution in [2.75, 3.05) is 26.9 Å². The third-order valence-corrected chi connectivity index (χ3v) is 26.9. The second kappa shape index (κ2) is 57.6. The average Bonchev–Trinajstić information content (AvgIpc) is 0.793. The Morgan fingerprint density at radius 2 is 0.593 bits per heavy atom. The van der Waals surface area contributed by atoms with Crippen molar-refractivity contribution in [1.29, 1.82) is 0 Å². The van der Waals surface area contributed by atoms with Gasteiger partial charge < -0.3 is 49.6 Å². The van der Waals surface area contributed by atoms with Crippen molar-refractivity contribution in [3.63, 3.8) is 0 Å². The van der Waals surface area contributed by atoms with Crippen LogP contribution in [0.1, 0.15) is 309 Å². The molecule has 22 heteroatoms. The standard InChI is InChI=1S/C43H57N3O5.2C40H51N3O4/c1-28(2)13-10-15-30(5)21-22-34(31(6)16-11-14-29(3)4)27-51-43(49)33-18-12-17-32(25-33)40-44-41(36-19-8-9-20-38(36)47)46-42(45-40)37-24-23-35(50-7)26-39(37)48;1-26(23-39(3,4)5)20-21-30(27(2)24-40(6,7)8)25-47-38(46)29-15-13-14-28(22-29)35-41-36(31-16-9-11-18-33(31)44)43-37(42-35)32-17-10-12-19-34(32)45;1-3-5-7-9-10-12-14-21-30(20-13-11-8-6-4-2)29-47-40(46)32-23-19-22-31(28-32)37-41-38(33-24-15-17-26-35(33)44)43-39(42-37)34-25-16-18-27-36(34)45/h8-9,12,17-20,23-26,28-31,34,47-48H,10-11,13-16,21-22,27H2,1-7H3;9-19,22,26-27,30,44-45H,20-21,23-25H2,1-8H3;15-19,22-28,30,44-45H,3-14,20-21,29H2,1-2H3. The zero-order valence-corrected chi connectivity index (χ0v) is 89.0. The number of rotatable bonds is 51. The number of aromatic nitrogens is 9. The summed E-state index contributed by atoms with van der Waals surface area (Å²) in [5.41, 5.74) is 5.97. The summed E-state index contributed by atoms with van der Waals surface area (Å²) in [6.07, 6.45) is 31.0. The number of hydrogen-bond donors (Lipinski definition) is 6. The van der Waals surface area contributed by atoms with Gasteiger partial charge >= 0.3 is 17.9 Å². The summed E-state index contributed by atoms with van der Waals surface area (Å²) < 4.78 is 23.2. The quantitative estimate of drug-likeness (QED) is 0.0117. The van der Waals surface area contributed by atoms with Crippen molar-refractivity contribution in [2.45, 2.75) is 278 Å². The number of carbonyl (C=O) groups excluding carboxylic acids is 3. The molecule has 774 valence electrons. The SMILES string of the molecule is CC(CCC(COC(=O)c1cccc(-c2nc(-c3ccccc3O)nc(-c3ccccc3O)n2)c1)C(C)CC(C)(C)C)CC(C)(C)C.CCCCCCCCCC(CCCCCCC)COC(=O)c1cccc(-c2nc(-c3ccccc3O)nc(-c3ccccc3O)n2)c1.COc1ccc(-c2nc(-c3cccc(C(=O)OCC(CCC(C)CCCC(C)C)C(C)CCCC(C)C)c3)nc(-c3ccccc3O)n2)c(O)c1. The van der Waals surface area contributed by atoms with Gasteiger partial charge in [0.1, 0.15) is 40.2 Å². The number of hydrogen-bond acceptors (Lipinski definition) is 22. The molecule has 0 fully saturated rings. The smallest absolute Gasteiger partial charge is 0.338 e. The number of phenols is 6. The zero-order valence-electron chi connectivity index (χ0n) is 89.0. The van der Waals surface area contributed by atoms with Crippen LogP contribution in [0.2, 0.25) is 0 Å². The number of unbranched alkanes of at least 4 members (excludes halogenated alkanes) is 10. The molecule has 0 radical (unpaired) electrons. The van der Waals surface area contributed by atoms with E-state index in [1.54, 1.807) is 188 Å². The fourth-order valence-corrected chi connectivity index (χ4v) is 18.7. The molecule has 7 atom stereocenters. The van der Waals surface area contributed by atoms with Crippen molar-refractivity contribution in [2.24, 2.45) is 64.1 Å². The van der Waals surface area contributed by atoms with E-state index in [2.05, 4.69) is 146 Å². The maximum atomic E-state index is 13.6. The predicted molar refractivity (Wildman–Crippen MR) is 583 cm³/mol. The van der Waals surface area contributed by atoms with E-state index >= 15 is 0 Å². The molecule has 145 heavy (non-hydrogen) atoms. The van der Waals surface area contributed by atoms with Gasteiger partial charge in [0.05, 0.1) is 77.0 Å². The van der Waals surface area contributed by atoms with Gasteiger partial charge in [-0.1, -0.05) is 336 Å². The van der Waals surface area contributed by atoms with Crippen LogP contribution in [0.15, 0.2) is 212 Å². The molecule has 0 aliphatic heterocycles. The number of nitrogens with zero attached hydrogens (tertiary/aromatic N) is 9. The largest absolute Gasteiger partial charge is 0.507 e. The first-order valence-corrected chi connectivity index (χ1v) is 52.9. The molecule has 3 aromatic heterocycles. The molecule has 3 heterocycles. The Labute approximate surface area is 862 Å². The summed E-state index contributed by atoms with van der Waals surface area (Å²) >= 11 is 0. The van der Waals surface area contributed by atoms with Gasteiger partial charge in [-0.05, 0) is 212 Å². The van der Waals surface area contributed by atoms with Crippen molar-refractivity contribution >= 4 is 17.9 Å². The Morgan fingerprint density at radius 3 is 0.924 bits per heavy atom. The Hall–Kier alpha value is -13.0. The molecular weight excluding hydrogens is 1810 g/mol. The Balaban J connectivity index is 0.000000223. The summed E-state index contributed by atoms with van der Waals surface area (Å²) in [4.78, 5) is 82.3. The van der Waals surface area contributed by atoms with Gasteiger partial charge in [0.15, 0.2) is 52.4 Å². The van der Waals surface area contributed by atoms with Gasteiger partial charge in [-0.25, -0.2) is 59.2 Å². The van der Waals surface area contributed by atoms with Gasteiger partial charge in [-0.15, -0.1) is 0 Å². The minimum atomic E-state index is -0.390. The highest BCUT2D eigenvalue weighted by Crippen LogP contribution is 2.41. The number of benzene rings is 9. The third-order valence-electron chi connectivity index (χ3n) is 26.9. The maximum absolute atomic E-state index is 13.6. The highest BCUT2D eigenvalue weighted by molar-refractivity contribution is 5.93. The van der Waals surface area contributed by atoms with E-state index in [9.17, 15) is 45.0 Å². The first kappa shape index (κ1) is 114. The lowest BCUT2D eigenvalue weighted by atomic mass is 9.76. The fourth-order valence-electron chi connectivity index (χ4n) is 18.7. The van der Waals surface area contributed by atoms with E-state index in [1.165, 1.54) is 122 Å². The molecule has 0 aliphatic rings. The van der Waals surface area contributed by atoms with Crippen LogP contribution in [0, 0.1) is 64.1 Å². The molecule has 0 spiro atoms. The van der Waals surface area contributed by atoms with Crippen molar-refractivity contribution < 1.29 is 64.0 Å². The van der Waals surface area contributed by atoms with Crippen molar-refractivity contribution in [1.82, 2.24) is 44.9 Å². The van der Waals surface area contributed by atoms with Crippen LogP contribution in [0.25, 0.3) is 102 Å². The van der Waals surface area contributed by atoms with Crippen LogP contribution in [-0.4, -0.2) is 120 Å². The third kappa shape index (κ3) is 37.2. The molecule has 7 unspecified atom stereocenters. The lowest BCUT2D eigenvalue weighted by molar-refractivity contribution is 0.0352. The number of ether oxygens (including phenoxy) is 4. The van der Waals surface area contributed by atoms with Crippen LogP contribution in [0.4, 0.5) is 0 Å². The maximum Gasteiger partial charge on any atom is 0.338 e. The predicted octanol–water partition coefficient (Wildman–Crippen LogP) is 31.3. The summed E-state index contributed by atoms with van der Waals surface area (Å²) in [6.45, 7) is 37.7. The molecular formula is C123H159N9O13. The average molecular weight is 1970 g/mol. The summed E-state index contributed by atoms with van der Waals surface area (Å²) in [5, 5.41) is 63.7. The van der Waals surface area contributed by atoms with Crippen LogP contribution < -0.4 is 4.74 Å². The van der Waals surface area contributed by atoms with E-state index < -0.39 is 5.97 Å². The van der Waals surface area contributed by atoms with E-state index in [4.69, 9.17) is 28.9 Å². The van der Waals surface area contributed by atoms with E-state index in [0.29, 0.717) is 145 Å². The van der Waals surface area contributed by atoms with Gasteiger partial charge in [0, 0.05) is 22.8 Å². The number of esters is 3. The fraction of sp³-hybridized carbons (Fsp3) is 0.463. The van der Waals surface area contributed by atoms with Crippen LogP contribution >= 0.6 is 0 Å². The van der Waals surface area contributed by atoms with E-state index in [0.717, 1.165) is 63.7 Å². The van der Waals surface area contributed by atoms with Crippen molar-refractivity contribution in [3.05, 3.63) is 229 Å². The Bertz CT molecular complexity index is 5920. The molecule has 0 saturated heterocycles. The summed E-state index contributed by atoms with van der Waals surface area (Å²) in [7, 11) is 1.52. The Morgan fingerprint density at radius 1 is 0.283 bits per heavy atom. The van der Waals surface area contributed by atoms with Gasteiger partial charge in [0.25, 0.3) is 0 Å². The van der Waals surface area contributed by atoms with Crippen LogP contribution in [0.5, 0.6) is 40.2 Å². The van der Waals surface area contributed by atoms with Crippen LogP contribution in [-0.2, 0) is 14.2 Å². The first-order valence-electron chi connectivity index (χ1n) is 52.9. The molecule has 9 aromatic carbocycles. The van der Waals surface area contributed by atoms with Gasteiger partial charge in [0.2, 0.25) is 0 Å². The molecule has 0 saturated carbocycles. The lowest BCUT2D eigenvalue weighted by Gasteiger charge is -2.31. The Kier molecular flexibility index (Phi) is 45.3. The van der Waals surface area contributed by atoms with Gasteiger partial charge in [-0.2, -0.15) is 0 Å². The molecule has 0 aliphatic carbocycles. The molecule has 6 N–H and O–H groups in total. The highest BCUT2D eigenvalue weighted by atomic mass is 16.5. The zero-order chi connectivity index (χ0) is 105.